The van der Waals surface area contributed by atoms with Crippen molar-refractivity contribution < 1.29 is 5.11 Å². The molecule has 6 heteroatoms. The summed E-state index contributed by atoms with van der Waals surface area (Å²) in [6.07, 6.45) is 8.54. The second kappa shape index (κ2) is 6.06. The van der Waals surface area contributed by atoms with E-state index in [1.54, 1.807) is 0 Å². The van der Waals surface area contributed by atoms with Gasteiger partial charge in [0.25, 0.3) is 0 Å². The molecule has 0 unspecified atom stereocenters. The summed E-state index contributed by atoms with van der Waals surface area (Å²) in [6, 6.07) is 0. The molecule has 2 saturated heterocycles. The van der Waals surface area contributed by atoms with E-state index >= 15 is 0 Å². The van der Waals surface area contributed by atoms with Crippen molar-refractivity contribution in [2.45, 2.75) is 57.6 Å². The maximum Gasteiger partial charge on any atom is 0.227 e. The molecule has 3 fully saturated rings. The minimum atomic E-state index is -0.117. The van der Waals surface area contributed by atoms with Gasteiger partial charge in [-0.1, -0.05) is 12.8 Å². The zero-order valence-electron chi connectivity index (χ0n) is 14.2. The van der Waals surface area contributed by atoms with Gasteiger partial charge in [0.2, 0.25) is 5.95 Å². The lowest BCUT2D eigenvalue weighted by atomic mass is 9.86. The van der Waals surface area contributed by atoms with Crippen molar-refractivity contribution in [2.75, 3.05) is 31.1 Å². The fraction of sp³-hybridized carbons (Fsp3) is 0.882. The molecule has 1 saturated carbocycles. The van der Waals surface area contributed by atoms with Gasteiger partial charge < -0.3 is 10.0 Å². The Morgan fingerprint density at radius 1 is 1.09 bits per heavy atom. The van der Waals surface area contributed by atoms with Crippen LogP contribution in [0, 0.1) is 5.41 Å². The third-order valence-electron chi connectivity index (χ3n) is 6.25. The van der Waals surface area contributed by atoms with Gasteiger partial charge >= 0.3 is 0 Å². The van der Waals surface area contributed by atoms with Crippen LogP contribution in [0.2, 0.25) is 0 Å². The van der Waals surface area contributed by atoms with Gasteiger partial charge in [0.1, 0.15) is 5.82 Å². The fourth-order valence-corrected chi connectivity index (χ4v) is 4.68. The largest absolute Gasteiger partial charge is 0.393 e. The summed E-state index contributed by atoms with van der Waals surface area (Å²) in [5.41, 5.74) is 0.565. The van der Waals surface area contributed by atoms with Gasteiger partial charge in [0.15, 0.2) is 0 Å². The monoisotopic (exact) mass is 319 g/mol. The molecule has 0 radical (unpaired) electrons. The summed E-state index contributed by atoms with van der Waals surface area (Å²) in [7, 11) is 2.10. The molecule has 1 N–H and O–H groups in total. The predicted octanol–water partition coefficient (Wildman–Crippen LogP) is 1.54. The Morgan fingerprint density at radius 2 is 1.83 bits per heavy atom. The van der Waals surface area contributed by atoms with Crippen molar-refractivity contribution in [3.05, 3.63) is 5.82 Å². The lowest BCUT2D eigenvalue weighted by molar-refractivity contribution is 0.0776. The van der Waals surface area contributed by atoms with Crippen LogP contribution < -0.4 is 4.90 Å². The van der Waals surface area contributed by atoms with Gasteiger partial charge in [0.05, 0.1) is 12.6 Å². The number of hydrogen-bond donors (Lipinski definition) is 1. The summed E-state index contributed by atoms with van der Waals surface area (Å²) in [5, 5.41) is 18.6. The van der Waals surface area contributed by atoms with Crippen molar-refractivity contribution in [3.63, 3.8) is 0 Å². The topological polar surface area (TPSA) is 57.4 Å². The number of hydrogen-bond acceptors (Lipinski definition) is 5. The molecule has 6 nitrogen and oxygen atoms in total. The fourth-order valence-electron chi connectivity index (χ4n) is 4.68. The maximum atomic E-state index is 9.63. The summed E-state index contributed by atoms with van der Waals surface area (Å²) < 4.78 is 2.18. The lowest BCUT2D eigenvalue weighted by Crippen LogP contribution is -2.36. The second-order valence-corrected chi connectivity index (χ2v) is 7.86. The first-order valence-corrected chi connectivity index (χ1v) is 9.19. The molecule has 128 valence electrons. The summed E-state index contributed by atoms with van der Waals surface area (Å²) >= 11 is 0. The van der Waals surface area contributed by atoms with Crippen molar-refractivity contribution >= 4 is 5.95 Å². The van der Waals surface area contributed by atoms with E-state index < -0.39 is 0 Å². The third-order valence-corrected chi connectivity index (χ3v) is 6.25. The number of rotatable bonds is 3. The third kappa shape index (κ3) is 2.98. The Balaban J connectivity index is 1.42. The Hall–Kier alpha value is -1.14. The van der Waals surface area contributed by atoms with Crippen LogP contribution >= 0.6 is 0 Å². The van der Waals surface area contributed by atoms with Gasteiger partial charge in [0, 0.05) is 33.2 Å². The van der Waals surface area contributed by atoms with Crippen LogP contribution in [-0.2, 0) is 13.6 Å². The number of likely N-dealkylation sites (tertiary alicyclic amines) is 1. The van der Waals surface area contributed by atoms with E-state index in [1.807, 2.05) is 0 Å². The highest BCUT2D eigenvalue weighted by molar-refractivity contribution is 5.34. The highest BCUT2D eigenvalue weighted by Gasteiger charge is 2.41. The molecular weight excluding hydrogens is 290 g/mol. The highest BCUT2D eigenvalue weighted by Crippen LogP contribution is 2.46. The molecule has 1 spiro atoms. The molecule has 0 atom stereocenters. The number of piperidine rings is 1. The average molecular weight is 319 g/mol. The molecular formula is C17H29N5O. The molecule has 0 aromatic carbocycles. The maximum absolute atomic E-state index is 9.63. The molecule has 1 aliphatic carbocycles. The minimum Gasteiger partial charge on any atom is -0.393 e. The normalized spacial score (nSPS) is 25.7. The van der Waals surface area contributed by atoms with Crippen LogP contribution in [0.15, 0.2) is 0 Å². The van der Waals surface area contributed by atoms with Gasteiger partial charge in [-0.25, -0.2) is 0 Å². The number of aliphatic hydroxyl groups is 1. The summed E-state index contributed by atoms with van der Waals surface area (Å²) in [5.74, 6) is 2.09. The molecule has 1 aromatic rings. The van der Waals surface area contributed by atoms with E-state index in [0.29, 0.717) is 5.41 Å². The lowest BCUT2D eigenvalue weighted by Gasteiger charge is -2.29. The number of nitrogens with zero attached hydrogens (tertiary/aromatic N) is 5. The van der Waals surface area contributed by atoms with E-state index in [2.05, 4.69) is 31.6 Å². The molecule has 0 bridgehead atoms. The van der Waals surface area contributed by atoms with Crippen LogP contribution in [0.5, 0.6) is 0 Å². The summed E-state index contributed by atoms with van der Waals surface area (Å²) in [6.45, 7) is 5.04. The Labute approximate surface area is 138 Å². The van der Waals surface area contributed by atoms with Crippen molar-refractivity contribution in [2.24, 2.45) is 12.5 Å². The molecule has 0 amide bonds. The first kappa shape index (κ1) is 15.4. The van der Waals surface area contributed by atoms with E-state index in [4.69, 9.17) is 0 Å². The summed E-state index contributed by atoms with van der Waals surface area (Å²) in [4.78, 5) is 4.82. The smallest absolute Gasteiger partial charge is 0.227 e. The predicted molar refractivity (Wildman–Crippen MR) is 89.3 cm³/mol. The Morgan fingerprint density at radius 3 is 2.57 bits per heavy atom. The van der Waals surface area contributed by atoms with E-state index in [0.717, 1.165) is 57.3 Å². The minimum absolute atomic E-state index is 0.117. The quantitative estimate of drug-likeness (QED) is 0.916. The standard InChI is InChI=1S/C17H29N5O/c1-20-15(12-21-9-4-14(23)5-10-21)18-19-16(20)22-11-8-17(13-22)6-2-3-7-17/h14,23H,2-13H2,1H3. The van der Waals surface area contributed by atoms with E-state index in [-0.39, 0.29) is 6.10 Å². The number of anilines is 1. The van der Waals surface area contributed by atoms with Crippen LogP contribution in [0.25, 0.3) is 0 Å². The first-order chi connectivity index (χ1) is 11.2. The first-order valence-electron chi connectivity index (χ1n) is 9.19. The van der Waals surface area contributed by atoms with Crippen LogP contribution in [-0.4, -0.2) is 57.1 Å². The number of aliphatic hydroxyl groups excluding tert-OH is 1. The van der Waals surface area contributed by atoms with Crippen molar-refractivity contribution in [1.29, 1.82) is 0 Å². The molecule has 3 aliphatic rings. The molecule has 1 aromatic heterocycles. The van der Waals surface area contributed by atoms with Gasteiger partial charge in [-0.3, -0.25) is 9.47 Å². The second-order valence-electron chi connectivity index (χ2n) is 7.86. The van der Waals surface area contributed by atoms with Gasteiger partial charge in [-0.2, -0.15) is 0 Å². The average Bonchev–Trinajstić information content (AvgIpc) is 3.26. The highest BCUT2D eigenvalue weighted by atomic mass is 16.3. The number of aromatic nitrogens is 3. The van der Waals surface area contributed by atoms with E-state index in [9.17, 15) is 5.11 Å². The van der Waals surface area contributed by atoms with Crippen LogP contribution in [0.3, 0.4) is 0 Å². The Bertz CT molecular complexity index is 543. The Kier molecular flexibility index (Phi) is 4.05. The molecule has 2 aliphatic heterocycles. The van der Waals surface area contributed by atoms with Crippen LogP contribution in [0.4, 0.5) is 5.95 Å². The zero-order valence-corrected chi connectivity index (χ0v) is 14.2. The van der Waals surface area contributed by atoms with Crippen LogP contribution in [0.1, 0.15) is 50.8 Å². The SMILES string of the molecule is Cn1c(CN2CCC(O)CC2)nnc1N1CCC2(CCCC2)C1. The van der Waals surface area contributed by atoms with Crippen molar-refractivity contribution in [3.8, 4) is 0 Å². The van der Waals surface area contributed by atoms with Gasteiger partial charge in [-0.15, -0.1) is 10.2 Å². The molecule has 3 heterocycles. The molecule has 23 heavy (non-hydrogen) atoms. The van der Waals surface area contributed by atoms with Crippen molar-refractivity contribution in [1.82, 2.24) is 19.7 Å². The van der Waals surface area contributed by atoms with Gasteiger partial charge in [-0.05, 0) is 37.5 Å². The van der Waals surface area contributed by atoms with E-state index in [1.165, 1.54) is 32.1 Å². The molecule has 4 rings (SSSR count). The zero-order chi connectivity index (χ0) is 15.9.